The first-order valence-corrected chi connectivity index (χ1v) is 6.62. The van der Waals surface area contributed by atoms with Crippen molar-refractivity contribution >= 4 is 33.1 Å². The lowest BCUT2D eigenvalue weighted by atomic mass is 10.3. The van der Waals surface area contributed by atoms with Gasteiger partial charge in [-0.05, 0) is 54.0 Å². The molecule has 0 radical (unpaired) electrons. The Kier molecular flexibility index (Phi) is 3.56. The zero-order chi connectivity index (χ0) is 11.5. The SMILES string of the molecule is CC(C)Nc1ccc(-c2ccc(Br)s2)nn1. The van der Waals surface area contributed by atoms with Gasteiger partial charge in [-0.25, -0.2) is 0 Å². The molecule has 0 saturated heterocycles. The first-order chi connectivity index (χ1) is 7.65. The number of thiophene rings is 1. The van der Waals surface area contributed by atoms with Gasteiger partial charge in [0.05, 0.1) is 8.66 Å². The van der Waals surface area contributed by atoms with Crippen molar-refractivity contribution in [2.24, 2.45) is 0 Å². The maximum Gasteiger partial charge on any atom is 0.148 e. The molecule has 0 aromatic carbocycles. The van der Waals surface area contributed by atoms with Crippen molar-refractivity contribution in [3.05, 3.63) is 28.1 Å². The Morgan fingerprint density at radius 3 is 2.50 bits per heavy atom. The fraction of sp³-hybridized carbons (Fsp3) is 0.273. The van der Waals surface area contributed by atoms with Crippen LogP contribution in [0.3, 0.4) is 0 Å². The normalized spacial score (nSPS) is 10.8. The minimum Gasteiger partial charge on any atom is -0.366 e. The van der Waals surface area contributed by atoms with Crippen LogP contribution in [0.25, 0.3) is 10.6 Å². The fourth-order valence-corrected chi connectivity index (χ4v) is 2.64. The lowest BCUT2D eigenvalue weighted by molar-refractivity contribution is 0.875. The Morgan fingerprint density at radius 1 is 1.19 bits per heavy atom. The van der Waals surface area contributed by atoms with E-state index < -0.39 is 0 Å². The van der Waals surface area contributed by atoms with Crippen molar-refractivity contribution in [1.82, 2.24) is 10.2 Å². The molecule has 2 heterocycles. The first kappa shape index (κ1) is 11.5. The summed E-state index contributed by atoms with van der Waals surface area (Å²) >= 11 is 5.09. The van der Waals surface area contributed by atoms with Gasteiger partial charge in [0.1, 0.15) is 11.5 Å². The topological polar surface area (TPSA) is 37.8 Å². The molecule has 0 saturated carbocycles. The number of aromatic nitrogens is 2. The van der Waals surface area contributed by atoms with E-state index >= 15 is 0 Å². The van der Waals surface area contributed by atoms with Gasteiger partial charge >= 0.3 is 0 Å². The maximum absolute atomic E-state index is 4.19. The highest BCUT2D eigenvalue weighted by Crippen LogP contribution is 2.29. The highest BCUT2D eigenvalue weighted by molar-refractivity contribution is 9.11. The summed E-state index contributed by atoms with van der Waals surface area (Å²) in [5, 5.41) is 11.5. The average molecular weight is 298 g/mol. The Bertz CT molecular complexity index is 464. The van der Waals surface area contributed by atoms with E-state index in [0.29, 0.717) is 6.04 Å². The van der Waals surface area contributed by atoms with Crippen LogP contribution in [0.1, 0.15) is 13.8 Å². The molecule has 3 nitrogen and oxygen atoms in total. The molecule has 1 N–H and O–H groups in total. The molecule has 0 bridgehead atoms. The number of hydrogen-bond donors (Lipinski definition) is 1. The molecule has 0 aliphatic heterocycles. The molecule has 0 amide bonds. The molecular weight excluding hydrogens is 286 g/mol. The molecule has 0 aliphatic rings. The number of rotatable bonds is 3. The molecule has 0 atom stereocenters. The predicted octanol–water partition coefficient (Wildman–Crippen LogP) is 3.79. The quantitative estimate of drug-likeness (QED) is 0.937. The van der Waals surface area contributed by atoms with E-state index in [2.05, 4.69) is 45.3 Å². The molecule has 0 aliphatic carbocycles. The van der Waals surface area contributed by atoms with Gasteiger partial charge in [0, 0.05) is 6.04 Å². The molecular formula is C11H12BrN3S. The molecule has 0 spiro atoms. The number of nitrogens with one attached hydrogen (secondary N) is 1. The van der Waals surface area contributed by atoms with Gasteiger partial charge < -0.3 is 5.32 Å². The smallest absolute Gasteiger partial charge is 0.148 e. The van der Waals surface area contributed by atoms with E-state index in [1.54, 1.807) is 11.3 Å². The zero-order valence-corrected chi connectivity index (χ0v) is 11.5. The second-order valence-electron chi connectivity index (χ2n) is 3.71. The van der Waals surface area contributed by atoms with Crippen molar-refractivity contribution in [3.63, 3.8) is 0 Å². The van der Waals surface area contributed by atoms with Crippen LogP contribution < -0.4 is 5.32 Å². The highest BCUT2D eigenvalue weighted by atomic mass is 79.9. The molecule has 2 aromatic heterocycles. The molecule has 2 rings (SSSR count). The van der Waals surface area contributed by atoms with Gasteiger partial charge in [-0.15, -0.1) is 21.5 Å². The van der Waals surface area contributed by atoms with E-state index in [4.69, 9.17) is 0 Å². The highest BCUT2D eigenvalue weighted by Gasteiger charge is 2.04. The Balaban J connectivity index is 2.19. The van der Waals surface area contributed by atoms with Gasteiger partial charge in [-0.3, -0.25) is 0 Å². The van der Waals surface area contributed by atoms with Crippen LogP contribution in [0, 0.1) is 0 Å². The third kappa shape index (κ3) is 2.80. The average Bonchev–Trinajstić information content (AvgIpc) is 2.65. The fourth-order valence-electron chi connectivity index (χ4n) is 1.29. The van der Waals surface area contributed by atoms with Crippen LogP contribution in [0.4, 0.5) is 5.82 Å². The van der Waals surface area contributed by atoms with Crippen LogP contribution in [0.5, 0.6) is 0 Å². The number of anilines is 1. The maximum atomic E-state index is 4.19. The molecule has 84 valence electrons. The molecule has 0 unspecified atom stereocenters. The van der Waals surface area contributed by atoms with E-state index in [-0.39, 0.29) is 0 Å². The second kappa shape index (κ2) is 4.93. The van der Waals surface area contributed by atoms with Crippen LogP contribution in [0.15, 0.2) is 28.1 Å². The zero-order valence-electron chi connectivity index (χ0n) is 9.07. The Labute approximate surface area is 107 Å². The number of hydrogen-bond acceptors (Lipinski definition) is 4. The second-order valence-corrected chi connectivity index (χ2v) is 6.17. The Hall–Kier alpha value is -0.940. The van der Waals surface area contributed by atoms with Crippen LogP contribution in [0.2, 0.25) is 0 Å². The van der Waals surface area contributed by atoms with Crippen molar-refractivity contribution < 1.29 is 0 Å². The molecule has 5 heteroatoms. The summed E-state index contributed by atoms with van der Waals surface area (Å²) in [4.78, 5) is 1.12. The van der Waals surface area contributed by atoms with Gasteiger partial charge in [0.2, 0.25) is 0 Å². The largest absolute Gasteiger partial charge is 0.366 e. The van der Waals surface area contributed by atoms with Crippen molar-refractivity contribution in [2.45, 2.75) is 19.9 Å². The monoisotopic (exact) mass is 297 g/mol. The van der Waals surface area contributed by atoms with E-state index in [1.807, 2.05) is 24.3 Å². The third-order valence-corrected chi connectivity index (χ3v) is 3.57. The van der Waals surface area contributed by atoms with Crippen LogP contribution >= 0.6 is 27.3 Å². The van der Waals surface area contributed by atoms with Crippen molar-refractivity contribution in [3.8, 4) is 10.6 Å². The minimum absolute atomic E-state index is 0.371. The van der Waals surface area contributed by atoms with E-state index in [1.165, 1.54) is 0 Å². The van der Waals surface area contributed by atoms with Crippen molar-refractivity contribution in [2.75, 3.05) is 5.32 Å². The molecule has 0 fully saturated rings. The third-order valence-electron chi connectivity index (χ3n) is 1.93. The van der Waals surface area contributed by atoms with Gasteiger partial charge in [-0.1, -0.05) is 0 Å². The van der Waals surface area contributed by atoms with Gasteiger partial charge in [-0.2, -0.15) is 0 Å². The molecule has 2 aromatic rings. The summed E-state index contributed by atoms with van der Waals surface area (Å²) in [6, 6.07) is 8.36. The van der Waals surface area contributed by atoms with E-state index in [9.17, 15) is 0 Å². The molecule has 16 heavy (non-hydrogen) atoms. The summed E-state index contributed by atoms with van der Waals surface area (Å²) < 4.78 is 1.11. The minimum atomic E-state index is 0.371. The van der Waals surface area contributed by atoms with E-state index in [0.717, 1.165) is 20.2 Å². The predicted molar refractivity (Wildman–Crippen MR) is 71.8 cm³/mol. The summed E-state index contributed by atoms with van der Waals surface area (Å²) in [6.45, 7) is 4.15. The van der Waals surface area contributed by atoms with Crippen LogP contribution in [-0.4, -0.2) is 16.2 Å². The number of nitrogens with zero attached hydrogens (tertiary/aromatic N) is 2. The standard InChI is InChI=1S/C11H12BrN3S/c1-7(2)13-11-6-3-8(14-15-11)9-4-5-10(12)16-9/h3-7H,1-2H3,(H,13,15). The summed E-state index contributed by atoms with van der Waals surface area (Å²) in [7, 11) is 0. The first-order valence-electron chi connectivity index (χ1n) is 5.01. The van der Waals surface area contributed by atoms with Gasteiger partial charge in [0.15, 0.2) is 0 Å². The lowest BCUT2D eigenvalue weighted by Crippen LogP contribution is -2.11. The Morgan fingerprint density at radius 2 is 2.00 bits per heavy atom. The number of halogens is 1. The summed E-state index contributed by atoms with van der Waals surface area (Å²) in [5.41, 5.74) is 0.907. The van der Waals surface area contributed by atoms with Crippen molar-refractivity contribution in [1.29, 1.82) is 0 Å². The summed E-state index contributed by atoms with van der Waals surface area (Å²) in [5.74, 6) is 0.814. The van der Waals surface area contributed by atoms with Crippen LogP contribution in [-0.2, 0) is 0 Å². The lowest BCUT2D eigenvalue weighted by Gasteiger charge is -2.07. The summed E-state index contributed by atoms with van der Waals surface area (Å²) in [6.07, 6.45) is 0. The van der Waals surface area contributed by atoms with Gasteiger partial charge in [0.25, 0.3) is 0 Å².